The molecule has 0 spiro atoms. The minimum absolute atomic E-state index is 0.130. The highest BCUT2D eigenvalue weighted by Gasteiger charge is 2.54. The molecular weight excluding hydrogens is 531 g/mol. The number of hydrogen-bond donors (Lipinski definition) is 4. The van der Waals surface area contributed by atoms with Crippen LogP contribution in [0.2, 0.25) is 0 Å². The van der Waals surface area contributed by atoms with Gasteiger partial charge >= 0.3 is 17.4 Å². The van der Waals surface area contributed by atoms with Crippen molar-refractivity contribution in [2.45, 2.75) is 27.2 Å². The lowest BCUT2D eigenvalue weighted by Gasteiger charge is -2.49. The first-order chi connectivity index (χ1) is 15.5. The number of carboxylic acids is 2. The van der Waals surface area contributed by atoms with Crippen LogP contribution in [0.15, 0.2) is 21.6 Å². The first kappa shape index (κ1) is 25.6. The fourth-order valence-electron chi connectivity index (χ4n) is 2.80. The number of nitrogens with one attached hydrogen (secondary N) is 2. The molecule has 3 heterocycles. The molecule has 33 heavy (non-hydrogen) atoms. The van der Waals surface area contributed by atoms with Gasteiger partial charge in [-0.15, -0.1) is 16.9 Å². The molecule has 1 fully saturated rings. The van der Waals surface area contributed by atoms with Crippen molar-refractivity contribution in [3.05, 3.63) is 11.3 Å². The average Bonchev–Trinajstić information content (AvgIpc) is 3.19. The molecule has 2 atom stereocenters. The quantitative estimate of drug-likeness (QED) is 0.244. The molecule has 2 aliphatic rings. The van der Waals surface area contributed by atoms with Crippen LogP contribution in [-0.4, -0.2) is 94.0 Å². The van der Waals surface area contributed by atoms with Crippen LogP contribution >= 0.6 is 47.0 Å². The largest absolute Gasteiger partial charge is 0.481 e. The highest BCUT2D eigenvalue weighted by Crippen LogP contribution is 2.41. The summed E-state index contributed by atoms with van der Waals surface area (Å²) >= 11 is 2.67. The summed E-state index contributed by atoms with van der Waals surface area (Å²) in [5.74, 6) is -4.85. The molecule has 180 valence electrons. The molecule has 0 bridgehead atoms. The second-order valence-electron chi connectivity index (χ2n) is 6.34. The van der Waals surface area contributed by atoms with Gasteiger partial charge in [-0.3, -0.25) is 24.4 Å². The number of β-lactam (4-membered cyclic amide) rings is 1. The van der Waals surface area contributed by atoms with Crippen LogP contribution < -0.4 is 5.32 Å². The standard InChI is InChI=1S/C15H14F3N5O6S4/c16-15(17,18)33-3-6(24)19-8-10(27)23-9(12(28)29)5(1-30-11(8)23)2-31-13-20-14(22-21-13)32-4-7(25)26/h8,11H,1-4H2,(H,19,24)(H,25,26)(H,28,29)(H,20,21,22)/t8?,11-/m1/s1. The Bertz CT molecular complexity index is 1000. The van der Waals surface area contributed by atoms with Crippen molar-refractivity contribution in [3.63, 3.8) is 0 Å². The van der Waals surface area contributed by atoms with Gasteiger partial charge in [0.2, 0.25) is 11.1 Å². The Hall–Kier alpha value is -2.05. The number of halogens is 3. The molecule has 1 saturated heterocycles. The predicted octanol–water partition coefficient (Wildman–Crippen LogP) is 1.07. The van der Waals surface area contributed by atoms with Gasteiger partial charge in [0.05, 0.1) is 11.5 Å². The van der Waals surface area contributed by atoms with Crippen LogP contribution in [0.25, 0.3) is 0 Å². The first-order valence-electron chi connectivity index (χ1n) is 8.76. The number of rotatable bonds is 10. The van der Waals surface area contributed by atoms with Crippen molar-refractivity contribution >= 4 is 70.8 Å². The molecule has 1 aromatic rings. The van der Waals surface area contributed by atoms with Gasteiger partial charge in [0.1, 0.15) is 17.1 Å². The SMILES string of the molecule is O=C(O)CSc1nc(SCC2=C(C(=O)O)N3C(=O)C(NC(=O)CSC(F)(F)F)[C@H]3SC2)n[nH]1. The number of amides is 2. The number of carbonyl (C=O) groups is 4. The van der Waals surface area contributed by atoms with Crippen LogP contribution in [0.3, 0.4) is 0 Å². The van der Waals surface area contributed by atoms with E-state index in [1.807, 2.05) is 0 Å². The Morgan fingerprint density at radius 3 is 2.61 bits per heavy atom. The van der Waals surface area contributed by atoms with E-state index in [-0.39, 0.29) is 33.3 Å². The molecular formula is C15H14F3N5O6S4. The minimum Gasteiger partial charge on any atom is -0.481 e. The number of aromatic nitrogens is 3. The summed E-state index contributed by atoms with van der Waals surface area (Å²) in [5, 5.41) is 26.8. The lowest BCUT2D eigenvalue weighted by molar-refractivity contribution is -0.150. The molecule has 0 aromatic carbocycles. The minimum atomic E-state index is -4.59. The highest BCUT2D eigenvalue weighted by atomic mass is 32.2. The Balaban J connectivity index is 1.62. The fourth-order valence-corrected chi connectivity index (χ4v) is 6.04. The maximum Gasteiger partial charge on any atom is 0.442 e. The molecule has 18 heteroatoms. The van der Waals surface area contributed by atoms with E-state index in [4.69, 9.17) is 5.11 Å². The number of aromatic amines is 1. The van der Waals surface area contributed by atoms with Crippen LogP contribution in [0.5, 0.6) is 0 Å². The number of H-pyrrole nitrogens is 1. The van der Waals surface area contributed by atoms with Crippen LogP contribution in [0.4, 0.5) is 13.2 Å². The summed E-state index contributed by atoms with van der Waals surface area (Å²) in [7, 11) is 0. The van der Waals surface area contributed by atoms with Crippen LogP contribution in [-0.2, 0) is 19.2 Å². The number of fused-ring (bicyclic) bond motifs is 1. The highest BCUT2D eigenvalue weighted by molar-refractivity contribution is 8.01. The van der Waals surface area contributed by atoms with Gasteiger partial charge in [0.15, 0.2) is 5.16 Å². The summed E-state index contributed by atoms with van der Waals surface area (Å²) in [4.78, 5) is 51.8. The molecule has 1 unspecified atom stereocenters. The van der Waals surface area contributed by atoms with Gasteiger partial charge in [-0.2, -0.15) is 18.2 Å². The number of carbonyl (C=O) groups excluding carboxylic acids is 2. The van der Waals surface area contributed by atoms with E-state index in [2.05, 4.69) is 20.5 Å². The van der Waals surface area contributed by atoms with E-state index in [0.29, 0.717) is 5.57 Å². The monoisotopic (exact) mass is 545 g/mol. The summed E-state index contributed by atoms with van der Waals surface area (Å²) < 4.78 is 36.7. The van der Waals surface area contributed by atoms with Crippen molar-refractivity contribution in [1.29, 1.82) is 0 Å². The first-order valence-corrected chi connectivity index (χ1v) is 12.8. The number of hydrogen-bond acceptors (Lipinski definition) is 10. The summed E-state index contributed by atoms with van der Waals surface area (Å²) in [6.07, 6.45) is 0. The fraction of sp³-hybridized carbons (Fsp3) is 0.467. The third kappa shape index (κ3) is 6.51. The number of aliphatic carboxylic acids is 2. The molecule has 11 nitrogen and oxygen atoms in total. The van der Waals surface area contributed by atoms with E-state index >= 15 is 0 Å². The van der Waals surface area contributed by atoms with Gasteiger partial charge in [0, 0.05) is 11.5 Å². The summed E-state index contributed by atoms with van der Waals surface area (Å²) in [6.45, 7) is 0. The van der Waals surface area contributed by atoms with E-state index in [1.165, 1.54) is 11.8 Å². The average molecular weight is 546 g/mol. The number of thioether (sulfide) groups is 4. The second kappa shape index (κ2) is 10.5. The lowest BCUT2D eigenvalue weighted by Crippen LogP contribution is -2.70. The molecule has 4 N–H and O–H groups in total. The second-order valence-corrected chi connectivity index (χ2v) is 10.4. The van der Waals surface area contributed by atoms with Gasteiger partial charge in [-0.25, -0.2) is 4.79 Å². The van der Waals surface area contributed by atoms with E-state index < -0.39 is 58.2 Å². The van der Waals surface area contributed by atoms with Gasteiger partial charge in [-0.05, 0) is 17.3 Å². The number of alkyl halides is 3. The lowest BCUT2D eigenvalue weighted by atomic mass is 10.0. The Morgan fingerprint density at radius 1 is 1.24 bits per heavy atom. The van der Waals surface area contributed by atoms with Gasteiger partial charge in [0.25, 0.3) is 5.91 Å². The third-order valence-electron chi connectivity index (χ3n) is 4.09. The predicted molar refractivity (Wildman–Crippen MR) is 114 cm³/mol. The zero-order chi connectivity index (χ0) is 24.3. The van der Waals surface area contributed by atoms with Crippen molar-refractivity contribution < 1.29 is 42.6 Å². The molecule has 0 aliphatic carbocycles. The maximum atomic E-state index is 12.5. The normalized spacial score (nSPS) is 20.3. The van der Waals surface area contributed by atoms with Crippen molar-refractivity contribution in [1.82, 2.24) is 25.4 Å². The smallest absolute Gasteiger partial charge is 0.442 e. The molecule has 2 amide bonds. The van der Waals surface area contributed by atoms with Gasteiger partial charge < -0.3 is 15.5 Å². The summed E-state index contributed by atoms with van der Waals surface area (Å²) in [6, 6.07) is -1.11. The van der Waals surface area contributed by atoms with Crippen molar-refractivity contribution in [2.75, 3.05) is 23.0 Å². The number of nitrogens with zero attached hydrogens (tertiary/aromatic N) is 3. The van der Waals surface area contributed by atoms with E-state index in [1.54, 1.807) is 0 Å². The molecule has 0 radical (unpaired) electrons. The maximum absolute atomic E-state index is 12.5. The van der Waals surface area contributed by atoms with E-state index in [0.717, 1.165) is 28.4 Å². The van der Waals surface area contributed by atoms with E-state index in [9.17, 15) is 37.5 Å². The Kier molecular flexibility index (Phi) is 8.12. The number of carboxylic acid groups (broad SMARTS) is 2. The molecule has 1 aromatic heterocycles. The molecule has 3 rings (SSSR count). The third-order valence-corrected chi connectivity index (χ3v) is 7.94. The molecule has 2 aliphatic heterocycles. The van der Waals surface area contributed by atoms with Crippen LogP contribution in [0, 0.1) is 0 Å². The Labute approximate surface area is 200 Å². The topological polar surface area (TPSA) is 166 Å². The van der Waals surface area contributed by atoms with Crippen molar-refractivity contribution in [2.24, 2.45) is 0 Å². The van der Waals surface area contributed by atoms with Gasteiger partial charge in [-0.1, -0.05) is 23.5 Å². The summed E-state index contributed by atoms with van der Waals surface area (Å²) in [5.41, 5.74) is -4.43. The zero-order valence-electron chi connectivity index (χ0n) is 16.1. The zero-order valence-corrected chi connectivity index (χ0v) is 19.4. The van der Waals surface area contributed by atoms with Crippen molar-refractivity contribution in [3.8, 4) is 0 Å². The van der Waals surface area contributed by atoms with Crippen LogP contribution in [0.1, 0.15) is 0 Å². The Morgan fingerprint density at radius 2 is 1.97 bits per heavy atom. The molecule has 0 saturated carbocycles.